The molecule has 1 atom stereocenters. The van der Waals surface area contributed by atoms with Crippen molar-refractivity contribution in [3.8, 4) is 0 Å². The quantitative estimate of drug-likeness (QED) is 0.668. The number of ether oxygens (including phenoxy) is 1. The number of carbonyl (C=O) groups excluding carboxylic acids is 1. The van der Waals surface area contributed by atoms with E-state index in [1.165, 1.54) is 0 Å². The number of carbonyl (C=O) groups is 1. The molecule has 19 heavy (non-hydrogen) atoms. The maximum atomic E-state index is 11.8. The summed E-state index contributed by atoms with van der Waals surface area (Å²) in [5, 5.41) is 4.34. The van der Waals surface area contributed by atoms with Crippen LogP contribution in [0.2, 0.25) is 0 Å². The lowest BCUT2D eigenvalue weighted by Gasteiger charge is -2.10. The monoisotopic (exact) mass is 261 g/mol. The SMILES string of the molecule is CCOC(=O)C1CCC/C1=N\Nc1ncccc1C. The van der Waals surface area contributed by atoms with Crippen LogP contribution in [0.1, 0.15) is 31.7 Å². The zero-order chi connectivity index (χ0) is 13.7. The second-order valence-electron chi connectivity index (χ2n) is 4.58. The predicted octanol–water partition coefficient (Wildman–Crippen LogP) is 2.52. The van der Waals surface area contributed by atoms with Crippen molar-refractivity contribution in [2.24, 2.45) is 11.0 Å². The Morgan fingerprint density at radius 2 is 2.47 bits per heavy atom. The molecule has 1 aliphatic rings. The summed E-state index contributed by atoms with van der Waals surface area (Å²) < 4.78 is 5.07. The maximum absolute atomic E-state index is 11.8. The largest absolute Gasteiger partial charge is 0.465 e. The molecule has 0 radical (unpaired) electrons. The molecule has 1 heterocycles. The molecule has 5 nitrogen and oxygen atoms in total. The highest BCUT2D eigenvalue weighted by Gasteiger charge is 2.30. The van der Waals surface area contributed by atoms with E-state index in [4.69, 9.17) is 4.74 Å². The van der Waals surface area contributed by atoms with E-state index in [-0.39, 0.29) is 11.9 Å². The summed E-state index contributed by atoms with van der Waals surface area (Å²) in [6.07, 6.45) is 4.35. The molecule has 1 aliphatic carbocycles. The number of hydrogen-bond acceptors (Lipinski definition) is 5. The number of esters is 1. The number of hydrazone groups is 1. The van der Waals surface area contributed by atoms with Gasteiger partial charge in [0.25, 0.3) is 0 Å². The minimum atomic E-state index is -0.198. The third-order valence-corrected chi connectivity index (χ3v) is 3.21. The molecule has 1 saturated carbocycles. The molecule has 0 amide bonds. The van der Waals surface area contributed by atoms with Crippen molar-refractivity contribution < 1.29 is 9.53 Å². The summed E-state index contributed by atoms with van der Waals surface area (Å²) in [6, 6.07) is 3.84. The molecule has 1 N–H and O–H groups in total. The van der Waals surface area contributed by atoms with Gasteiger partial charge >= 0.3 is 5.97 Å². The average Bonchev–Trinajstić information content (AvgIpc) is 2.86. The Hall–Kier alpha value is -1.91. The van der Waals surface area contributed by atoms with Gasteiger partial charge < -0.3 is 4.74 Å². The predicted molar refractivity (Wildman–Crippen MR) is 74.0 cm³/mol. The van der Waals surface area contributed by atoms with Crippen LogP contribution in [-0.4, -0.2) is 23.3 Å². The Morgan fingerprint density at radius 3 is 3.21 bits per heavy atom. The van der Waals surface area contributed by atoms with Crippen LogP contribution in [0.3, 0.4) is 0 Å². The first-order valence-corrected chi connectivity index (χ1v) is 6.63. The summed E-state index contributed by atoms with van der Waals surface area (Å²) >= 11 is 0. The van der Waals surface area contributed by atoms with Crippen LogP contribution >= 0.6 is 0 Å². The van der Waals surface area contributed by atoms with Crippen molar-refractivity contribution >= 4 is 17.5 Å². The maximum Gasteiger partial charge on any atom is 0.314 e. The Morgan fingerprint density at radius 1 is 1.63 bits per heavy atom. The van der Waals surface area contributed by atoms with Gasteiger partial charge in [-0.3, -0.25) is 10.2 Å². The molecule has 0 spiro atoms. The van der Waals surface area contributed by atoms with Crippen molar-refractivity contribution in [3.63, 3.8) is 0 Å². The summed E-state index contributed by atoms with van der Waals surface area (Å²) in [6.45, 7) is 4.20. The number of aromatic nitrogens is 1. The standard InChI is InChI=1S/C14H19N3O2/c1-3-19-14(18)11-7-4-8-12(11)16-17-13-10(2)6-5-9-15-13/h5-6,9,11H,3-4,7-8H2,1-2H3,(H,15,17)/b16-12+. The van der Waals surface area contributed by atoms with E-state index in [9.17, 15) is 4.79 Å². The molecule has 0 aromatic carbocycles. The zero-order valence-corrected chi connectivity index (χ0v) is 11.3. The number of rotatable bonds is 4. The van der Waals surface area contributed by atoms with Gasteiger partial charge in [0.1, 0.15) is 5.82 Å². The van der Waals surface area contributed by atoms with Crippen LogP contribution in [0.25, 0.3) is 0 Å². The van der Waals surface area contributed by atoms with E-state index in [2.05, 4.69) is 15.5 Å². The molecule has 1 aromatic rings. The van der Waals surface area contributed by atoms with Gasteiger partial charge in [-0.2, -0.15) is 5.10 Å². The number of hydrogen-bond donors (Lipinski definition) is 1. The molecule has 0 bridgehead atoms. The highest BCUT2D eigenvalue weighted by atomic mass is 16.5. The molecule has 102 valence electrons. The molecular weight excluding hydrogens is 242 g/mol. The van der Waals surface area contributed by atoms with E-state index in [0.717, 1.165) is 36.4 Å². The smallest absolute Gasteiger partial charge is 0.314 e. The number of aryl methyl sites for hydroxylation is 1. The van der Waals surface area contributed by atoms with Crippen LogP contribution in [-0.2, 0) is 9.53 Å². The van der Waals surface area contributed by atoms with Gasteiger partial charge in [-0.25, -0.2) is 4.98 Å². The topological polar surface area (TPSA) is 63.6 Å². The zero-order valence-electron chi connectivity index (χ0n) is 11.3. The van der Waals surface area contributed by atoms with Gasteiger partial charge in [-0.1, -0.05) is 6.07 Å². The number of anilines is 1. The van der Waals surface area contributed by atoms with Crippen LogP contribution in [0.15, 0.2) is 23.4 Å². The van der Waals surface area contributed by atoms with Gasteiger partial charge in [0.15, 0.2) is 0 Å². The lowest BCUT2D eigenvalue weighted by molar-refractivity contribution is -0.145. The summed E-state index contributed by atoms with van der Waals surface area (Å²) in [5.41, 5.74) is 4.84. The first-order chi connectivity index (χ1) is 9.22. The molecular formula is C14H19N3O2. The van der Waals surface area contributed by atoms with Crippen molar-refractivity contribution in [2.45, 2.75) is 33.1 Å². The Labute approximate surface area is 113 Å². The van der Waals surface area contributed by atoms with Crippen molar-refractivity contribution in [2.75, 3.05) is 12.0 Å². The third kappa shape index (κ3) is 3.30. The van der Waals surface area contributed by atoms with E-state index >= 15 is 0 Å². The van der Waals surface area contributed by atoms with Crippen molar-refractivity contribution in [1.82, 2.24) is 4.98 Å². The molecule has 2 rings (SSSR count). The highest BCUT2D eigenvalue weighted by molar-refractivity contribution is 6.03. The lowest BCUT2D eigenvalue weighted by atomic mass is 10.1. The second kappa shape index (κ2) is 6.31. The minimum absolute atomic E-state index is 0.168. The normalized spacial score (nSPS) is 20.5. The first-order valence-electron chi connectivity index (χ1n) is 6.63. The molecule has 1 aromatic heterocycles. The Kier molecular flexibility index (Phi) is 4.49. The molecule has 1 unspecified atom stereocenters. The van der Waals surface area contributed by atoms with Crippen LogP contribution in [0.5, 0.6) is 0 Å². The summed E-state index contributed by atoms with van der Waals surface area (Å²) in [5.74, 6) is 0.360. The highest BCUT2D eigenvalue weighted by Crippen LogP contribution is 2.24. The van der Waals surface area contributed by atoms with Gasteiger partial charge in [0.05, 0.1) is 18.2 Å². The summed E-state index contributed by atoms with van der Waals surface area (Å²) in [7, 11) is 0. The van der Waals surface area contributed by atoms with Gasteiger partial charge in [0.2, 0.25) is 0 Å². The first kappa shape index (κ1) is 13.5. The molecule has 0 saturated heterocycles. The van der Waals surface area contributed by atoms with Gasteiger partial charge in [0, 0.05) is 6.20 Å². The van der Waals surface area contributed by atoms with Gasteiger partial charge in [-0.05, 0) is 44.7 Å². The van der Waals surface area contributed by atoms with Crippen molar-refractivity contribution in [3.05, 3.63) is 23.9 Å². The van der Waals surface area contributed by atoms with E-state index < -0.39 is 0 Å². The van der Waals surface area contributed by atoms with Crippen LogP contribution < -0.4 is 5.43 Å². The molecule has 1 fully saturated rings. The molecule has 5 heteroatoms. The number of nitrogens with one attached hydrogen (secondary N) is 1. The van der Waals surface area contributed by atoms with Gasteiger partial charge in [-0.15, -0.1) is 0 Å². The third-order valence-electron chi connectivity index (χ3n) is 3.21. The fraction of sp³-hybridized carbons (Fsp3) is 0.500. The summed E-state index contributed by atoms with van der Waals surface area (Å²) in [4.78, 5) is 16.0. The van der Waals surface area contributed by atoms with E-state index in [1.54, 1.807) is 6.20 Å². The Balaban J connectivity index is 2.06. The number of nitrogens with zero attached hydrogens (tertiary/aromatic N) is 2. The lowest BCUT2D eigenvalue weighted by Crippen LogP contribution is -2.22. The second-order valence-corrected chi connectivity index (χ2v) is 4.58. The fourth-order valence-corrected chi connectivity index (χ4v) is 2.19. The number of pyridine rings is 1. The molecule has 0 aliphatic heterocycles. The van der Waals surface area contributed by atoms with Crippen LogP contribution in [0.4, 0.5) is 5.82 Å². The minimum Gasteiger partial charge on any atom is -0.465 e. The van der Waals surface area contributed by atoms with Crippen molar-refractivity contribution in [1.29, 1.82) is 0 Å². The van der Waals surface area contributed by atoms with Crippen LogP contribution in [0, 0.1) is 12.8 Å². The van der Waals surface area contributed by atoms with E-state index in [0.29, 0.717) is 6.61 Å². The fourth-order valence-electron chi connectivity index (χ4n) is 2.19. The Bertz CT molecular complexity index is 485. The average molecular weight is 261 g/mol. The van der Waals surface area contributed by atoms with E-state index in [1.807, 2.05) is 26.0 Å².